The Morgan fingerprint density at radius 2 is 1.96 bits per heavy atom. The van der Waals surface area contributed by atoms with Crippen molar-refractivity contribution < 1.29 is 17.9 Å². The molecule has 8 heteroatoms. The lowest BCUT2D eigenvalue weighted by molar-refractivity contribution is -0.274. The van der Waals surface area contributed by atoms with Crippen LogP contribution in [0, 0.1) is 11.3 Å². The number of hydrogen-bond donors (Lipinski definition) is 2. The van der Waals surface area contributed by atoms with Gasteiger partial charge in [0.25, 0.3) is 0 Å². The smallest absolute Gasteiger partial charge is 0.406 e. The largest absolute Gasteiger partial charge is 0.573 e. The Kier molecular flexibility index (Phi) is 3.77. The van der Waals surface area contributed by atoms with Gasteiger partial charge in [-0.3, -0.25) is 4.99 Å². The average molecular weight is 332 g/mol. The molecule has 0 saturated carbocycles. The van der Waals surface area contributed by atoms with Gasteiger partial charge in [-0.2, -0.15) is 5.26 Å². The van der Waals surface area contributed by atoms with Crippen LogP contribution in [0.25, 0.3) is 11.1 Å². The van der Waals surface area contributed by atoms with E-state index in [1.807, 2.05) is 6.07 Å². The van der Waals surface area contributed by atoms with Crippen molar-refractivity contribution in [2.75, 3.05) is 17.6 Å². The second-order valence-electron chi connectivity index (χ2n) is 4.99. The number of nitriles is 1. The van der Waals surface area contributed by atoms with Crippen molar-refractivity contribution in [2.45, 2.75) is 6.36 Å². The molecule has 122 valence electrons. The molecule has 0 saturated heterocycles. The number of halogens is 3. The lowest BCUT2D eigenvalue weighted by atomic mass is 9.97. The number of ether oxygens (including phenoxy) is 1. The van der Waals surface area contributed by atoms with Crippen molar-refractivity contribution in [1.29, 1.82) is 5.26 Å². The quantitative estimate of drug-likeness (QED) is 0.819. The van der Waals surface area contributed by atoms with Crippen molar-refractivity contribution >= 4 is 23.3 Å². The zero-order chi connectivity index (χ0) is 17.3. The molecule has 0 aromatic heterocycles. The van der Waals surface area contributed by atoms with Gasteiger partial charge < -0.3 is 15.8 Å². The molecule has 2 aromatic rings. The zero-order valence-corrected chi connectivity index (χ0v) is 12.2. The summed E-state index contributed by atoms with van der Waals surface area (Å²) in [5.41, 5.74) is 8.74. The highest BCUT2D eigenvalue weighted by Crippen LogP contribution is 2.43. The molecule has 0 radical (unpaired) electrons. The monoisotopic (exact) mass is 332 g/mol. The van der Waals surface area contributed by atoms with E-state index in [0.717, 1.165) is 0 Å². The predicted molar refractivity (Wildman–Crippen MR) is 84.3 cm³/mol. The van der Waals surface area contributed by atoms with E-state index in [4.69, 9.17) is 5.73 Å². The Morgan fingerprint density at radius 3 is 2.58 bits per heavy atom. The number of nitrogens with zero attached hydrogens (tertiary/aromatic N) is 2. The Morgan fingerprint density at radius 1 is 1.25 bits per heavy atom. The van der Waals surface area contributed by atoms with E-state index in [2.05, 4.69) is 15.0 Å². The van der Waals surface area contributed by atoms with E-state index in [1.54, 1.807) is 12.3 Å². The van der Waals surface area contributed by atoms with Crippen molar-refractivity contribution in [3.05, 3.63) is 35.9 Å². The molecule has 24 heavy (non-hydrogen) atoms. The number of rotatable bonds is 2. The highest BCUT2D eigenvalue weighted by molar-refractivity contribution is 5.97. The van der Waals surface area contributed by atoms with E-state index in [-0.39, 0.29) is 17.0 Å². The van der Waals surface area contributed by atoms with Gasteiger partial charge >= 0.3 is 6.36 Å². The highest BCUT2D eigenvalue weighted by Gasteiger charge is 2.31. The van der Waals surface area contributed by atoms with Gasteiger partial charge in [0.05, 0.1) is 17.9 Å². The minimum atomic E-state index is -4.74. The number of alkyl halides is 3. The molecule has 0 aliphatic carbocycles. The molecule has 3 N–H and O–H groups in total. The van der Waals surface area contributed by atoms with Crippen LogP contribution in [-0.2, 0) is 0 Å². The Labute approximate surface area is 135 Å². The summed E-state index contributed by atoms with van der Waals surface area (Å²) in [4.78, 5) is 4.21. The summed E-state index contributed by atoms with van der Waals surface area (Å²) in [7, 11) is 0. The van der Waals surface area contributed by atoms with Crippen LogP contribution in [0.3, 0.4) is 0 Å². The summed E-state index contributed by atoms with van der Waals surface area (Å²) < 4.78 is 40.6. The maximum atomic E-state index is 12.2. The molecule has 0 fully saturated rings. The predicted octanol–water partition coefficient (Wildman–Crippen LogP) is 3.83. The molecule has 0 atom stereocenters. The molecular weight excluding hydrogens is 321 g/mol. The lowest BCUT2D eigenvalue weighted by Crippen LogP contribution is -2.17. The fraction of sp³-hybridized carbons (Fsp3) is 0.125. The summed E-state index contributed by atoms with van der Waals surface area (Å²) in [6.07, 6.45) is -3.12. The minimum Gasteiger partial charge on any atom is -0.406 e. The standard InChI is InChI=1S/C16H11F3N4O/c17-16(18,19)24-10-3-1-9(2-4-10)11-7-13(21)12(8-20)15-14(11)22-5-6-23-15/h1-4,6-7,22H,5,21H2. The number of aliphatic imine (C=N–C) groups is 1. The highest BCUT2D eigenvalue weighted by atomic mass is 19.4. The first kappa shape index (κ1) is 15.7. The SMILES string of the molecule is N#Cc1c(N)cc(-c2ccc(OC(F)(F)F)cc2)c2c1N=CCN2. The van der Waals surface area contributed by atoms with Crippen LogP contribution >= 0.6 is 0 Å². The van der Waals surface area contributed by atoms with Gasteiger partial charge in [-0.05, 0) is 23.8 Å². The molecule has 0 bridgehead atoms. The van der Waals surface area contributed by atoms with Crippen molar-refractivity contribution in [3.8, 4) is 22.9 Å². The minimum absolute atomic E-state index is 0.253. The third kappa shape index (κ3) is 2.96. The number of nitrogen functional groups attached to an aromatic ring is 1. The molecule has 5 nitrogen and oxygen atoms in total. The Hall–Kier alpha value is -3.21. The fourth-order valence-electron chi connectivity index (χ4n) is 2.46. The van der Waals surface area contributed by atoms with E-state index in [1.165, 1.54) is 24.3 Å². The van der Waals surface area contributed by atoms with E-state index >= 15 is 0 Å². The molecule has 0 amide bonds. The third-order valence-electron chi connectivity index (χ3n) is 3.43. The van der Waals surface area contributed by atoms with Crippen molar-refractivity contribution in [3.63, 3.8) is 0 Å². The van der Waals surface area contributed by atoms with Crippen LogP contribution in [-0.4, -0.2) is 19.1 Å². The number of fused-ring (bicyclic) bond motifs is 1. The average Bonchev–Trinajstić information content (AvgIpc) is 2.53. The Bertz CT molecular complexity index is 852. The molecular formula is C16H11F3N4O. The Balaban J connectivity index is 2.06. The summed E-state index contributed by atoms with van der Waals surface area (Å²) in [6, 6.07) is 9.03. The molecule has 1 aliphatic rings. The number of nitrogens with two attached hydrogens (primary N) is 1. The normalized spacial score (nSPS) is 12.9. The molecule has 0 unspecified atom stereocenters. The van der Waals surface area contributed by atoms with Gasteiger partial charge in [-0.25, -0.2) is 0 Å². The van der Waals surface area contributed by atoms with Crippen LogP contribution < -0.4 is 15.8 Å². The van der Waals surface area contributed by atoms with Gasteiger partial charge in [-0.1, -0.05) is 12.1 Å². The molecule has 1 aliphatic heterocycles. The molecule has 2 aromatic carbocycles. The van der Waals surface area contributed by atoms with Crippen molar-refractivity contribution in [2.24, 2.45) is 4.99 Å². The number of nitrogens with one attached hydrogen (secondary N) is 1. The number of benzene rings is 2. The molecule has 3 rings (SSSR count). The molecule has 1 heterocycles. The van der Waals surface area contributed by atoms with Gasteiger partial charge in [0.2, 0.25) is 0 Å². The fourth-order valence-corrected chi connectivity index (χ4v) is 2.46. The van der Waals surface area contributed by atoms with Crippen LogP contribution in [0.2, 0.25) is 0 Å². The third-order valence-corrected chi connectivity index (χ3v) is 3.43. The second kappa shape index (κ2) is 5.77. The van der Waals surface area contributed by atoms with Gasteiger partial charge in [0.1, 0.15) is 23.1 Å². The summed E-state index contributed by atoms with van der Waals surface area (Å²) in [6.45, 7) is 0.476. The van der Waals surface area contributed by atoms with E-state index in [9.17, 15) is 18.4 Å². The maximum absolute atomic E-state index is 12.2. The summed E-state index contributed by atoms with van der Waals surface area (Å²) >= 11 is 0. The van der Waals surface area contributed by atoms with Crippen molar-refractivity contribution in [1.82, 2.24) is 0 Å². The summed E-state index contributed by atoms with van der Waals surface area (Å²) in [5, 5.41) is 12.3. The van der Waals surface area contributed by atoms with Gasteiger partial charge in [0, 0.05) is 11.8 Å². The lowest BCUT2D eigenvalue weighted by Gasteiger charge is -2.19. The van der Waals surface area contributed by atoms with Crippen LogP contribution in [0.5, 0.6) is 5.75 Å². The van der Waals surface area contributed by atoms with Crippen LogP contribution in [0.15, 0.2) is 35.3 Å². The van der Waals surface area contributed by atoms with E-state index < -0.39 is 6.36 Å². The van der Waals surface area contributed by atoms with Crippen LogP contribution in [0.1, 0.15) is 5.56 Å². The summed E-state index contributed by atoms with van der Waals surface area (Å²) in [5.74, 6) is -0.312. The first-order valence-corrected chi connectivity index (χ1v) is 6.88. The topological polar surface area (TPSA) is 83.4 Å². The first-order chi connectivity index (χ1) is 11.4. The van der Waals surface area contributed by atoms with Gasteiger partial charge in [0.15, 0.2) is 0 Å². The van der Waals surface area contributed by atoms with Crippen LogP contribution in [0.4, 0.5) is 30.2 Å². The first-order valence-electron chi connectivity index (χ1n) is 6.88. The number of hydrogen-bond acceptors (Lipinski definition) is 5. The maximum Gasteiger partial charge on any atom is 0.573 e. The number of anilines is 2. The molecule has 0 spiro atoms. The van der Waals surface area contributed by atoms with Gasteiger partial charge in [-0.15, -0.1) is 13.2 Å². The zero-order valence-electron chi connectivity index (χ0n) is 12.2. The second-order valence-corrected chi connectivity index (χ2v) is 4.99. The van der Waals surface area contributed by atoms with E-state index in [0.29, 0.717) is 29.0 Å².